The fourth-order valence-electron chi connectivity index (χ4n) is 1.13. The van der Waals surface area contributed by atoms with Crippen LogP contribution in [-0.2, 0) is 0 Å². The monoisotopic (exact) mass is 196 g/mol. The summed E-state index contributed by atoms with van der Waals surface area (Å²) in [4.78, 5) is 0. The Morgan fingerprint density at radius 1 is 1.27 bits per heavy atom. The molecule has 1 rings (SSSR count). The van der Waals surface area contributed by atoms with E-state index in [1.54, 1.807) is 0 Å². The van der Waals surface area contributed by atoms with Crippen molar-refractivity contribution < 1.29 is 0 Å². The highest BCUT2D eigenvalue weighted by Gasteiger charge is 1.85. The molecular formula is C15H16. The van der Waals surface area contributed by atoms with Crippen molar-refractivity contribution in [2.75, 3.05) is 0 Å². The average molecular weight is 196 g/mol. The van der Waals surface area contributed by atoms with Gasteiger partial charge in [-0.1, -0.05) is 55.2 Å². The van der Waals surface area contributed by atoms with Crippen LogP contribution in [0.15, 0.2) is 54.1 Å². The molecule has 1 aromatic carbocycles. The summed E-state index contributed by atoms with van der Waals surface area (Å²) in [6.07, 6.45) is 7.08. The van der Waals surface area contributed by atoms with Gasteiger partial charge in [0, 0.05) is 11.1 Å². The van der Waals surface area contributed by atoms with Gasteiger partial charge in [0.1, 0.15) is 0 Å². The van der Waals surface area contributed by atoms with Crippen LogP contribution in [0.3, 0.4) is 0 Å². The van der Waals surface area contributed by atoms with Crippen molar-refractivity contribution in [1.29, 1.82) is 0 Å². The molecule has 0 spiro atoms. The number of rotatable bonds is 2. The molecule has 0 saturated heterocycles. The molecule has 0 aliphatic carbocycles. The third kappa shape index (κ3) is 4.33. The number of hydrogen-bond acceptors (Lipinski definition) is 0. The zero-order valence-electron chi connectivity index (χ0n) is 9.33. The zero-order chi connectivity index (χ0) is 10.9. The van der Waals surface area contributed by atoms with Crippen LogP contribution >= 0.6 is 0 Å². The van der Waals surface area contributed by atoms with E-state index in [1.165, 1.54) is 0 Å². The molecule has 0 unspecified atom stereocenters. The minimum atomic E-state index is 0.976. The van der Waals surface area contributed by atoms with Gasteiger partial charge in [0.2, 0.25) is 0 Å². The molecule has 0 aromatic heterocycles. The summed E-state index contributed by atoms with van der Waals surface area (Å²) < 4.78 is 0. The van der Waals surface area contributed by atoms with Gasteiger partial charge >= 0.3 is 0 Å². The molecule has 0 heteroatoms. The summed E-state index contributed by atoms with van der Waals surface area (Å²) in [5, 5.41) is 0. The smallest absolute Gasteiger partial charge is 0.0248 e. The Labute approximate surface area is 92.3 Å². The average Bonchev–Trinajstić information content (AvgIpc) is 2.31. The predicted octanol–water partition coefficient (Wildman–Crippen LogP) is 3.95. The highest BCUT2D eigenvalue weighted by atomic mass is 13.9. The lowest BCUT2D eigenvalue weighted by Crippen LogP contribution is -1.76. The second kappa shape index (κ2) is 6.68. The molecule has 0 atom stereocenters. The lowest BCUT2D eigenvalue weighted by atomic mass is 10.1. The van der Waals surface area contributed by atoms with Crippen molar-refractivity contribution >= 4 is 0 Å². The molecule has 0 N–H and O–H groups in total. The first-order valence-electron chi connectivity index (χ1n) is 5.25. The van der Waals surface area contributed by atoms with Gasteiger partial charge in [-0.25, -0.2) is 0 Å². The fraction of sp³-hybridized carbons (Fsp3) is 0.200. The van der Waals surface area contributed by atoms with Gasteiger partial charge in [-0.15, -0.1) is 0 Å². The van der Waals surface area contributed by atoms with Gasteiger partial charge in [0.15, 0.2) is 0 Å². The Hall–Kier alpha value is -1.74. The molecule has 0 aliphatic heterocycles. The third-order valence-corrected chi connectivity index (χ3v) is 2.01. The summed E-state index contributed by atoms with van der Waals surface area (Å²) in [7, 11) is 0. The topological polar surface area (TPSA) is 0 Å². The maximum atomic E-state index is 3.18. The largest absolute Gasteiger partial charge is 0.0876 e. The lowest BCUT2D eigenvalue weighted by Gasteiger charge is -1.90. The third-order valence-electron chi connectivity index (χ3n) is 2.01. The Balaban J connectivity index is 2.80. The van der Waals surface area contributed by atoms with Crippen molar-refractivity contribution in [1.82, 2.24) is 0 Å². The molecule has 15 heavy (non-hydrogen) atoms. The maximum Gasteiger partial charge on any atom is 0.0248 e. The molecule has 0 radical (unpaired) electrons. The predicted molar refractivity (Wildman–Crippen MR) is 66.5 cm³/mol. The van der Waals surface area contributed by atoms with Crippen LogP contribution < -0.4 is 0 Å². The summed E-state index contributed by atoms with van der Waals surface area (Å²) in [6, 6.07) is 10.1. The lowest BCUT2D eigenvalue weighted by molar-refractivity contribution is 1.16. The summed E-state index contributed by atoms with van der Waals surface area (Å²) in [6.45, 7) is 4.13. The molecule has 76 valence electrons. The first-order chi connectivity index (χ1) is 7.36. The minimum absolute atomic E-state index is 0.976. The molecule has 0 aliphatic rings. The molecular weight excluding hydrogens is 180 g/mol. The van der Waals surface area contributed by atoms with E-state index < -0.39 is 0 Å². The van der Waals surface area contributed by atoms with Crippen molar-refractivity contribution in [3.63, 3.8) is 0 Å². The van der Waals surface area contributed by atoms with Gasteiger partial charge in [0.05, 0.1) is 0 Å². The number of benzene rings is 1. The Morgan fingerprint density at radius 2 is 2.00 bits per heavy atom. The van der Waals surface area contributed by atoms with Gasteiger partial charge in [0.25, 0.3) is 0 Å². The molecule has 0 bridgehead atoms. The van der Waals surface area contributed by atoms with Crippen LogP contribution in [0, 0.1) is 11.8 Å². The van der Waals surface area contributed by atoms with Crippen molar-refractivity contribution in [2.24, 2.45) is 0 Å². The van der Waals surface area contributed by atoms with Crippen molar-refractivity contribution in [2.45, 2.75) is 20.3 Å². The Kier molecular flexibility index (Phi) is 5.04. The van der Waals surface area contributed by atoms with Crippen LogP contribution in [0.25, 0.3) is 0 Å². The van der Waals surface area contributed by atoms with Gasteiger partial charge in [-0.3, -0.25) is 0 Å². The molecule has 1 aromatic rings. The standard InChI is InChI=1S/C15H16/c1-3-5-9-14(4-2)12-13-15-10-7-6-8-11-15/h3,5-11H,4H2,1-2H3/b5-3-,14-9+. The highest BCUT2D eigenvalue weighted by molar-refractivity contribution is 5.41. The van der Waals surface area contributed by atoms with Crippen LogP contribution in [0.2, 0.25) is 0 Å². The molecule has 0 nitrogen and oxygen atoms in total. The normalized spacial score (nSPS) is 11.2. The second-order valence-electron chi connectivity index (χ2n) is 3.19. The van der Waals surface area contributed by atoms with E-state index in [-0.39, 0.29) is 0 Å². The molecule has 0 fully saturated rings. The fourth-order valence-corrected chi connectivity index (χ4v) is 1.13. The SMILES string of the molecule is C/C=C\C=C(\C#Cc1ccccc1)CC. The zero-order valence-corrected chi connectivity index (χ0v) is 9.33. The van der Waals surface area contributed by atoms with E-state index in [2.05, 4.69) is 24.8 Å². The Morgan fingerprint density at radius 3 is 2.60 bits per heavy atom. The van der Waals surface area contributed by atoms with E-state index in [9.17, 15) is 0 Å². The van der Waals surface area contributed by atoms with Gasteiger partial charge in [-0.05, 0) is 25.5 Å². The number of allylic oxidation sites excluding steroid dienone is 4. The maximum absolute atomic E-state index is 3.18. The highest BCUT2D eigenvalue weighted by Crippen LogP contribution is 2.01. The molecule has 0 heterocycles. The van der Waals surface area contributed by atoms with Crippen molar-refractivity contribution in [3.05, 3.63) is 59.7 Å². The Bertz CT molecular complexity index is 397. The number of hydrogen-bond donors (Lipinski definition) is 0. The van der Waals surface area contributed by atoms with E-state index in [1.807, 2.05) is 49.4 Å². The first-order valence-corrected chi connectivity index (χ1v) is 5.25. The van der Waals surface area contributed by atoms with E-state index in [4.69, 9.17) is 0 Å². The first kappa shape index (κ1) is 11.3. The second-order valence-corrected chi connectivity index (χ2v) is 3.19. The van der Waals surface area contributed by atoms with Crippen LogP contribution in [0.5, 0.6) is 0 Å². The summed E-state index contributed by atoms with van der Waals surface area (Å²) >= 11 is 0. The van der Waals surface area contributed by atoms with E-state index in [0.29, 0.717) is 0 Å². The van der Waals surface area contributed by atoms with Crippen LogP contribution in [-0.4, -0.2) is 0 Å². The van der Waals surface area contributed by atoms with Crippen molar-refractivity contribution in [3.8, 4) is 11.8 Å². The molecule has 0 amide bonds. The summed E-state index contributed by atoms with van der Waals surface area (Å²) in [5.41, 5.74) is 2.23. The van der Waals surface area contributed by atoms with Crippen LogP contribution in [0.4, 0.5) is 0 Å². The van der Waals surface area contributed by atoms with Gasteiger partial charge < -0.3 is 0 Å². The quantitative estimate of drug-likeness (QED) is 0.496. The van der Waals surface area contributed by atoms with Gasteiger partial charge in [-0.2, -0.15) is 0 Å². The minimum Gasteiger partial charge on any atom is -0.0876 e. The van der Waals surface area contributed by atoms with Crippen LogP contribution in [0.1, 0.15) is 25.8 Å². The van der Waals surface area contributed by atoms with E-state index >= 15 is 0 Å². The molecule has 0 saturated carbocycles. The van der Waals surface area contributed by atoms with E-state index in [0.717, 1.165) is 17.6 Å². The summed E-state index contributed by atoms with van der Waals surface area (Å²) in [5.74, 6) is 6.33.